The molecule has 1 aliphatic rings. The fourth-order valence-electron chi connectivity index (χ4n) is 2.68. The van der Waals surface area contributed by atoms with Crippen LogP contribution in [0, 0.1) is 0 Å². The maximum atomic E-state index is 10.0. The summed E-state index contributed by atoms with van der Waals surface area (Å²) in [6, 6.07) is 10.6. The Kier molecular flexibility index (Phi) is 4.41. The van der Waals surface area contributed by atoms with Gasteiger partial charge in [0, 0.05) is 17.6 Å². The van der Waals surface area contributed by atoms with Crippen molar-refractivity contribution in [3.05, 3.63) is 57.2 Å². The van der Waals surface area contributed by atoms with E-state index in [1.807, 2.05) is 29.0 Å². The van der Waals surface area contributed by atoms with E-state index in [2.05, 4.69) is 17.4 Å². The lowest BCUT2D eigenvalue weighted by atomic mass is 9.76. The van der Waals surface area contributed by atoms with Crippen molar-refractivity contribution in [3.8, 4) is 0 Å². The Hall–Kier alpha value is -0.870. The Bertz CT molecular complexity index is 551. The van der Waals surface area contributed by atoms with E-state index in [1.54, 1.807) is 11.3 Å². The van der Waals surface area contributed by atoms with Crippen molar-refractivity contribution in [1.82, 2.24) is 5.32 Å². The van der Waals surface area contributed by atoms with Gasteiger partial charge in [0.1, 0.15) is 0 Å². The average molecular weight is 308 g/mol. The van der Waals surface area contributed by atoms with Gasteiger partial charge in [-0.15, -0.1) is 0 Å². The Morgan fingerprint density at radius 3 is 2.90 bits per heavy atom. The van der Waals surface area contributed by atoms with Crippen molar-refractivity contribution in [3.63, 3.8) is 0 Å². The number of nitrogens with one attached hydrogen (secondary N) is 1. The second kappa shape index (κ2) is 6.27. The smallest absolute Gasteiger partial charge is 0.0922 e. The molecule has 1 saturated carbocycles. The van der Waals surface area contributed by atoms with Gasteiger partial charge in [-0.25, -0.2) is 0 Å². The van der Waals surface area contributed by atoms with Gasteiger partial charge >= 0.3 is 0 Å². The summed E-state index contributed by atoms with van der Waals surface area (Å²) in [5.74, 6) is 0.601. The highest BCUT2D eigenvalue weighted by atomic mass is 35.5. The minimum Gasteiger partial charge on any atom is -0.387 e. The van der Waals surface area contributed by atoms with E-state index < -0.39 is 6.10 Å². The average Bonchev–Trinajstić information content (AvgIpc) is 2.90. The quantitative estimate of drug-likeness (QED) is 0.876. The highest BCUT2D eigenvalue weighted by Gasteiger charge is 2.30. The van der Waals surface area contributed by atoms with Crippen molar-refractivity contribution < 1.29 is 5.11 Å². The van der Waals surface area contributed by atoms with Crippen LogP contribution < -0.4 is 5.32 Å². The van der Waals surface area contributed by atoms with Crippen molar-refractivity contribution in [2.24, 2.45) is 0 Å². The maximum absolute atomic E-state index is 10.0. The Labute approximate surface area is 128 Å². The minimum atomic E-state index is -0.397. The molecule has 0 amide bonds. The van der Waals surface area contributed by atoms with E-state index in [4.69, 9.17) is 11.6 Å². The Morgan fingerprint density at radius 2 is 2.20 bits per heavy atom. The van der Waals surface area contributed by atoms with Gasteiger partial charge in [-0.2, -0.15) is 11.3 Å². The third kappa shape index (κ3) is 3.23. The number of aliphatic hydroxyl groups excluding tert-OH is 1. The first-order valence-electron chi connectivity index (χ1n) is 6.91. The lowest BCUT2D eigenvalue weighted by Crippen LogP contribution is -2.41. The topological polar surface area (TPSA) is 32.3 Å². The molecule has 0 spiro atoms. The Balaban J connectivity index is 1.44. The number of benzene rings is 1. The molecule has 106 valence electrons. The summed E-state index contributed by atoms with van der Waals surface area (Å²) in [6.45, 7) is 0.629. The van der Waals surface area contributed by atoms with Gasteiger partial charge in [0.2, 0.25) is 0 Å². The summed E-state index contributed by atoms with van der Waals surface area (Å²) in [7, 11) is 0. The molecule has 0 bridgehead atoms. The van der Waals surface area contributed by atoms with Crippen LogP contribution in [0.1, 0.15) is 36.0 Å². The zero-order valence-electron chi connectivity index (χ0n) is 11.1. The molecule has 1 aromatic carbocycles. The second-order valence-corrected chi connectivity index (χ2v) is 6.62. The fraction of sp³-hybridized carbons (Fsp3) is 0.375. The number of aliphatic hydroxyl groups is 1. The summed E-state index contributed by atoms with van der Waals surface area (Å²) in [4.78, 5) is 0. The van der Waals surface area contributed by atoms with Crippen LogP contribution >= 0.6 is 22.9 Å². The van der Waals surface area contributed by atoms with Gasteiger partial charge in [0.15, 0.2) is 0 Å². The van der Waals surface area contributed by atoms with Crippen molar-refractivity contribution in [2.75, 3.05) is 6.54 Å². The van der Waals surface area contributed by atoms with E-state index >= 15 is 0 Å². The summed E-state index contributed by atoms with van der Waals surface area (Å²) in [5, 5.41) is 18.3. The summed E-state index contributed by atoms with van der Waals surface area (Å²) >= 11 is 7.64. The van der Waals surface area contributed by atoms with Crippen LogP contribution in [0.2, 0.25) is 5.02 Å². The van der Waals surface area contributed by atoms with E-state index in [1.165, 1.54) is 5.56 Å². The van der Waals surface area contributed by atoms with Gasteiger partial charge in [-0.05, 0) is 58.8 Å². The van der Waals surface area contributed by atoms with Crippen LogP contribution in [-0.2, 0) is 0 Å². The fourth-order valence-corrected chi connectivity index (χ4v) is 3.58. The van der Waals surface area contributed by atoms with Crippen LogP contribution in [0.5, 0.6) is 0 Å². The molecule has 2 nitrogen and oxygen atoms in total. The molecule has 0 radical (unpaired) electrons. The normalized spacial score (nSPS) is 23.3. The molecule has 1 unspecified atom stereocenters. The zero-order valence-corrected chi connectivity index (χ0v) is 12.7. The molecule has 4 heteroatoms. The van der Waals surface area contributed by atoms with Gasteiger partial charge in [-0.3, -0.25) is 0 Å². The lowest BCUT2D eigenvalue weighted by molar-refractivity contribution is 0.157. The van der Waals surface area contributed by atoms with Crippen molar-refractivity contribution in [1.29, 1.82) is 0 Å². The molecule has 1 aromatic heterocycles. The third-order valence-corrected chi connectivity index (χ3v) is 4.92. The largest absolute Gasteiger partial charge is 0.387 e. The molecule has 1 atom stereocenters. The van der Waals surface area contributed by atoms with Gasteiger partial charge < -0.3 is 10.4 Å². The summed E-state index contributed by atoms with van der Waals surface area (Å²) in [6.07, 6.45) is 1.85. The molecular weight excluding hydrogens is 290 g/mol. The van der Waals surface area contributed by atoms with Crippen molar-refractivity contribution in [2.45, 2.75) is 30.9 Å². The first-order chi connectivity index (χ1) is 9.72. The first kappa shape index (κ1) is 14.1. The van der Waals surface area contributed by atoms with Crippen LogP contribution in [0.15, 0.2) is 41.1 Å². The predicted octanol–water partition coefficient (Wildman–Crippen LogP) is 3.97. The van der Waals surface area contributed by atoms with Crippen LogP contribution in [0.3, 0.4) is 0 Å². The minimum absolute atomic E-state index is 0.397. The number of thiophene rings is 1. The van der Waals surface area contributed by atoms with Crippen LogP contribution in [-0.4, -0.2) is 17.7 Å². The van der Waals surface area contributed by atoms with Gasteiger partial charge in [0.25, 0.3) is 0 Å². The molecule has 1 aliphatic carbocycles. The van der Waals surface area contributed by atoms with Gasteiger partial charge in [0.05, 0.1) is 6.10 Å². The van der Waals surface area contributed by atoms with E-state index in [0.717, 1.165) is 23.4 Å². The van der Waals surface area contributed by atoms with Crippen LogP contribution in [0.25, 0.3) is 0 Å². The molecule has 0 aliphatic heterocycles. The molecule has 2 aromatic rings. The first-order valence-corrected chi connectivity index (χ1v) is 8.23. The highest BCUT2D eigenvalue weighted by Crippen LogP contribution is 2.37. The number of halogens is 1. The lowest BCUT2D eigenvalue weighted by Gasteiger charge is -2.37. The summed E-state index contributed by atoms with van der Waals surface area (Å²) < 4.78 is 0. The molecule has 0 saturated heterocycles. The van der Waals surface area contributed by atoms with E-state index in [-0.39, 0.29) is 0 Å². The zero-order chi connectivity index (χ0) is 13.9. The SMILES string of the molecule is OC(CNC1CC(c2cccc(Cl)c2)C1)c1ccsc1. The molecular formula is C16H18ClNOS. The number of hydrogen-bond donors (Lipinski definition) is 2. The number of hydrogen-bond acceptors (Lipinski definition) is 3. The molecule has 2 N–H and O–H groups in total. The van der Waals surface area contributed by atoms with Gasteiger partial charge in [-0.1, -0.05) is 23.7 Å². The van der Waals surface area contributed by atoms with E-state index in [0.29, 0.717) is 18.5 Å². The highest BCUT2D eigenvalue weighted by molar-refractivity contribution is 7.07. The molecule has 1 fully saturated rings. The summed E-state index contributed by atoms with van der Waals surface area (Å²) in [5.41, 5.74) is 2.34. The Morgan fingerprint density at radius 1 is 1.35 bits per heavy atom. The maximum Gasteiger partial charge on any atom is 0.0922 e. The van der Waals surface area contributed by atoms with Crippen molar-refractivity contribution >= 4 is 22.9 Å². The standard InChI is InChI=1S/C16H18ClNOS/c17-14-3-1-2-11(6-14)13-7-15(8-13)18-9-16(19)12-4-5-20-10-12/h1-6,10,13,15-16,18-19H,7-9H2. The molecule has 3 rings (SSSR count). The number of rotatable bonds is 5. The predicted molar refractivity (Wildman–Crippen MR) is 84.5 cm³/mol. The van der Waals surface area contributed by atoms with Crippen LogP contribution in [0.4, 0.5) is 0 Å². The third-order valence-electron chi connectivity index (χ3n) is 3.99. The second-order valence-electron chi connectivity index (χ2n) is 5.40. The molecule has 20 heavy (non-hydrogen) atoms. The van der Waals surface area contributed by atoms with E-state index in [9.17, 15) is 5.11 Å². The monoisotopic (exact) mass is 307 g/mol. The molecule has 1 heterocycles.